The Morgan fingerprint density at radius 2 is 1.72 bits per heavy atom. The predicted octanol–water partition coefficient (Wildman–Crippen LogP) is 4.96. The van der Waals surface area contributed by atoms with Gasteiger partial charge in [-0.3, -0.25) is 0 Å². The summed E-state index contributed by atoms with van der Waals surface area (Å²) in [5, 5.41) is 14.4. The molecular formula is C24H23N3O2. The highest BCUT2D eigenvalue weighted by atomic mass is 16.5. The number of carbonyl (C=O) groups excluding carboxylic acids is 1. The molecule has 0 unspecified atom stereocenters. The highest BCUT2D eigenvalue weighted by molar-refractivity contribution is 5.89. The van der Waals surface area contributed by atoms with E-state index in [-0.39, 0.29) is 6.03 Å². The molecule has 0 atom stereocenters. The molecule has 0 aromatic heterocycles. The Labute approximate surface area is 171 Å². The van der Waals surface area contributed by atoms with Gasteiger partial charge in [-0.2, -0.15) is 5.26 Å². The molecule has 29 heavy (non-hydrogen) atoms. The van der Waals surface area contributed by atoms with Crippen molar-refractivity contribution in [3.05, 3.63) is 95.1 Å². The zero-order chi connectivity index (χ0) is 20.5. The van der Waals surface area contributed by atoms with E-state index in [9.17, 15) is 4.79 Å². The molecule has 0 saturated carbocycles. The van der Waals surface area contributed by atoms with Crippen LogP contribution in [0.2, 0.25) is 0 Å². The molecule has 2 amide bonds. The fourth-order valence-electron chi connectivity index (χ4n) is 2.88. The number of aryl methyl sites for hydroxylation is 1. The molecular weight excluding hydrogens is 362 g/mol. The van der Waals surface area contributed by atoms with E-state index in [0.29, 0.717) is 25.3 Å². The molecule has 0 spiro atoms. The van der Waals surface area contributed by atoms with E-state index in [0.717, 1.165) is 28.0 Å². The molecule has 0 aliphatic heterocycles. The van der Waals surface area contributed by atoms with Crippen molar-refractivity contribution < 1.29 is 9.53 Å². The molecule has 5 nitrogen and oxygen atoms in total. The third-order valence-electron chi connectivity index (χ3n) is 4.33. The molecule has 0 heterocycles. The lowest BCUT2D eigenvalue weighted by atomic mass is 10.1. The Bertz CT molecular complexity index is 1010. The minimum Gasteiger partial charge on any atom is -0.489 e. The quantitative estimate of drug-likeness (QED) is 0.603. The Balaban J connectivity index is 1.51. The van der Waals surface area contributed by atoms with Gasteiger partial charge in [0.25, 0.3) is 0 Å². The summed E-state index contributed by atoms with van der Waals surface area (Å²) >= 11 is 0. The van der Waals surface area contributed by atoms with Gasteiger partial charge in [-0.05, 0) is 47.9 Å². The number of benzene rings is 3. The maximum Gasteiger partial charge on any atom is 0.319 e. The first-order valence-electron chi connectivity index (χ1n) is 9.40. The first kappa shape index (κ1) is 20.0. The SMILES string of the molecule is Cc1cccc(CNC(=O)Nc2cccc(COc3ccc(CC#N)cc3)c2)c1. The molecule has 0 fully saturated rings. The lowest BCUT2D eigenvalue weighted by Crippen LogP contribution is -2.28. The number of nitrogens with zero attached hydrogens (tertiary/aromatic N) is 1. The summed E-state index contributed by atoms with van der Waals surface area (Å²) in [5.74, 6) is 0.737. The fraction of sp³-hybridized carbons (Fsp3) is 0.167. The minimum atomic E-state index is -0.252. The maximum atomic E-state index is 12.2. The van der Waals surface area contributed by atoms with Gasteiger partial charge in [0.15, 0.2) is 0 Å². The number of anilines is 1. The van der Waals surface area contributed by atoms with Gasteiger partial charge in [0, 0.05) is 12.2 Å². The first-order chi connectivity index (χ1) is 14.1. The number of urea groups is 1. The molecule has 5 heteroatoms. The van der Waals surface area contributed by atoms with Crippen molar-refractivity contribution in [3.8, 4) is 11.8 Å². The minimum absolute atomic E-state index is 0.252. The zero-order valence-electron chi connectivity index (χ0n) is 16.3. The van der Waals surface area contributed by atoms with Crippen LogP contribution in [-0.4, -0.2) is 6.03 Å². The number of rotatable bonds is 7. The van der Waals surface area contributed by atoms with Crippen molar-refractivity contribution >= 4 is 11.7 Å². The molecule has 0 radical (unpaired) electrons. The number of amides is 2. The van der Waals surface area contributed by atoms with Crippen LogP contribution in [0.25, 0.3) is 0 Å². The highest BCUT2D eigenvalue weighted by Crippen LogP contribution is 2.16. The summed E-state index contributed by atoms with van der Waals surface area (Å²) in [6, 6.07) is 24.9. The first-order valence-corrected chi connectivity index (χ1v) is 9.40. The molecule has 0 aliphatic carbocycles. The maximum absolute atomic E-state index is 12.2. The highest BCUT2D eigenvalue weighted by Gasteiger charge is 2.04. The van der Waals surface area contributed by atoms with Gasteiger partial charge >= 0.3 is 6.03 Å². The number of hydrogen-bond donors (Lipinski definition) is 2. The average Bonchev–Trinajstić information content (AvgIpc) is 2.72. The van der Waals surface area contributed by atoms with Crippen molar-refractivity contribution in [1.29, 1.82) is 5.26 Å². The molecule has 0 saturated heterocycles. The number of hydrogen-bond acceptors (Lipinski definition) is 3. The van der Waals surface area contributed by atoms with E-state index in [2.05, 4.69) is 16.7 Å². The van der Waals surface area contributed by atoms with Gasteiger partial charge in [0.05, 0.1) is 12.5 Å². The Morgan fingerprint density at radius 1 is 0.966 bits per heavy atom. The zero-order valence-corrected chi connectivity index (χ0v) is 16.3. The van der Waals surface area contributed by atoms with Crippen molar-refractivity contribution in [2.24, 2.45) is 0 Å². The molecule has 3 aromatic rings. The fourth-order valence-corrected chi connectivity index (χ4v) is 2.88. The Morgan fingerprint density at radius 3 is 2.48 bits per heavy atom. The van der Waals surface area contributed by atoms with E-state index in [1.807, 2.05) is 79.7 Å². The van der Waals surface area contributed by atoms with Crippen molar-refractivity contribution in [2.45, 2.75) is 26.5 Å². The van der Waals surface area contributed by atoms with Crippen LogP contribution in [0.1, 0.15) is 22.3 Å². The van der Waals surface area contributed by atoms with E-state index in [1.165, 1.54) is 0 Å². The molecule has 3 aromatic carbocycles. The second kappa shape index (κ2) is 9.95. The van der Waals surface area contributed by atoms with Crippen LogP contribution < -0.4 is 15.4 Å². The molecule has 146 valence electrons. The van der Waals surface area contributed by atoms with E-state index >= 15 is 0 Å². The summed E-state index contributed by atoms with van der Waals surface area (Å²) in [4.78, 5) is 12.2. The third-order valence-corrected chi connectivity index (χ3v) is 4.33. The van der Waals surface area contributed by atoms with Gasteiger partial charge < -0.3 is 15.4 Å². The van der Waals surface area contributed by atoms with Crippen molar-refractivity contribution in [3.63, 3.8) is 0 Å². The summed E-state index contributed by atoms with van der Waals surface area (Å²) in [7, 11) is 0. The monoisotopic (exact) mass is 385 g/mol. The number of carbonyl (C=O) groups is 1. The van der Waals surface area contributed by atoms with Crippen LogP contribution in [0.5, 0.6) is 5.75 Å². The summed E-state index contributed by atoms with van der Waals surface area (Å²) in [5.41, 5.74) is 4.84. The standard InChI is InChI=1S/C24H23N3O2/c1-18-4-2-5-20(14-18)16-26-24(28)27-22-7-3-6-21(15-22)17-29-23-10-8-19(9-11-23)12-13-25/h2-11,14-15H,12,16-17H2,1H3,(H2,26,27,28). The molecule has 3 rings (SSSR count). The van der Waals surface area contributed by atoms with Gasteiger partial charge in [0.2, 0.25) is 0 Å². The third kappa shape index (κ3) is 6.40. The summed E-state index contributed by atoms with van der Waals surface area (Å²) < 4.78 is 5.79. The van der Waals surface area contributed by atoms with Crippen LogP contribution in [0.3, 0.4) is 0 Å². The van der Waals surface area contributed by atoms with Gasteiger partial charge in [-0.25, -0.2) is 4.79 Å². The second-order valence-electron chi connectivity index (χ2n) is 6.76. The van der Waals surface area contributed by atoms with Crippen LogP contribution in [-0.2, 0) is 19.6 Å². The van der Waals surface area contributed by atoms with Crippen LogP contribution in [0, 0.1) is 18.3 Å². The van der Waals surface area contributed by atoms with Crippen molar-refractivity contribution in [1.82, 2.24) is 5.32 Å². The average molecular weight is 385 g/mol. The van der Waals surface area contributed by atoms with Gasteiger partial charge in [-0.1, -0.05) is 54.1 Å². The summed E-state index contributed by atoms with van der Waals surface area (Å²) in [6.45, 7) is 2.88. The Kier molecular flexibility index (Phi) is 6.85. The number of nitrogens with one attached hydrogen (secondary N) is 2. The van der Waals surface area contributed by atoms with Crippen molar-refractivity contribution in [2.75, 3.05) is 5.32 Å². The lowest BCUT2D eigenvalue weighted by Gasteiger charge is -2.10. The lowest BCUT2D eigenvalue weighted by molar-refractivity contribution is 0.251. The van der Waals surface area contributed by atoms with Gasteiger partial charge in [0.1, 0.15) is 12.4 Å². The number of ether oxygens (including phenoxy) is 1. The molecule has 0 aliphatic rings. The van der Waals surface area contributed by atoms with E-state index < -0.39 is 0 Å². The topological polar surface area (TPSA) is 74.2 Å². The summed E-state index contributed by atoms with van der Waals surface area (Å²) in [6.07, 6.45) is 0.389. The predicted molar refractivity (Wildman–Crippen MR) is 114 cm³/mol. The second-order valence-corrected chi connectivity index (χ2v) is 6.76. The van der Waals surface area contributed by atoms with E-state index in [1.54, 1.807) is 0 Å². The van der Waals surface area contributed by atoms with E-state index in [4.69, 9.17) is 10.00 Å². The largest absolute Gasteiger partial charge is 0.489 e. The number of nitriles is 1. The molecule has 0 bridgehead atoms. The smallest absolute Gasteiger partial charge is 0.319 e. The van der Waals surface area contributed by atoms with Crippen LogP contribution in [0.4, 0.5) is 10.5 Å². The van der Waals surface area contributed by atoms with Gasteiger partial charge in [-0.15, -0.1) is 0 Å². The Hall–Kier alpha value is -3.78. The molecule has 2 N–H and O–H groups in total. The van der Waals surface area contributed by atoms with Crippen LogP contribution >= 0.6 is 0 Å². The normalized spacial score (nSPS) is 10.1. The van der Waals surface area contributed by atoms with Crippen LogP contribution in [0.15, 0.2) is 72.8 Å².